The molecule has 0 saturated heterocycles. The summed E-state index contributed by atoms with van der Waals surface area (Å²) in [4.78, 5) is 4.47. The summed E-state index contributed by atoms with van der Waals surface area (Å²) in [5, 5.41) is 16.7. The zero-order valence-corrected chi connectivity index (χ0v) is 16.3. The van der Waals surface area contributed by atoms with Crippen molar-refractivity contribution >= 4 is 29.9 Å². The van der Waals surface area contributed by atoms with E-state index in [1.807, 2.05) is 42.5 Å². The van der Waals surface area contributed by atoms with Gasteiger partial charge in [-0.3, -0.25) is 4.99 Å². The van der Waals surface area contributed by atoms with Crippen molar-refractivity contribution in [3.63, 3.8) is 0 Å². The van der Waals surface area contributed by atoms with Gasteiger partial charge in [0, 0.05) is 19.5 Å². The van der Waals surface area contributed by atoms with Crippen LogP contribution < -0.4 is 10.6 Å². The van der Waals surface area contributed by atoms with E-state index in [1.165, 1.54) is 0 Å². The Labute approximate surface area is 160 Å². The maximum absolute atomic E-state index is 10.2. The second-order valence-electron chi connectivity index (χ2n) is 5.30. The number of aliphatic imine (C=N–C) groups is 1. The number of hydrogen-bond acceptors (Lipinski definition) is 3. The van der Waals surface area contributed by atoms with Crippen LogP contribution >= 0.6 is 24.0 Å². The number of furan rings is 1. The molecular formula is C18H26IN3O2. The van der Waals surface area contributed by atoms with E-state index < -0.39 is 6.10 Å². The molecule has 6 heteroatoms. The van der Waals surface area contributed by atoms with Gasteiger partial charge in [0.1, 0.15) is 5.76 Å². The fourth-order valence-corrected chi connectivity index (χ4v) is 2.13. The highest BCUT2D eigenvalue weighted by Gasteiger charge is 2.07. The molecule has 0 aliphatic carbocycles. The number of halogens is 1. The fourth-order valence-electron chi connectivity index (χ4n) is 2.13. The van der Waals surface area contributed by atoms with E-state index in [1.54, 1.807) is 6.26 Å². The number of aliphatic hydroxyl groups excluding tert-OH is 1. The van der Waals surface area contributed by atoms with Crippen molar-refractivity contribution in [2.45, 2.75) is 25.9 Å². The van der Waals surface area contributed by atoms with Crippen molar-refractivity contribution in [1.82, 2.24) is 10.6 Å². The minimum absolute atomic E-state index is 0. The molecule has 24 heavy (non-hydrogen) atoms. The average Bonchev–Trinajstić information content (AvgIpc) is 3.10. The average molecular weight is 443 g/mol. The molecule has 0 bridgehead atoms. The summed E-state index contributed by atoms with van der Waals surface area (Å²) in [6, 6.07) is 13.4. The van der Waals surface area contributed by atoms with Gasteiger partial charge < -0.3 is 20.2 Å². The number of aliphatic hydroxyl groups is 1. The third-order valence-corrected chi connectivity index (χ3v) is 3.39. The first-order valence-corrected chi connectivity index (χ1v) is 8.07. The monoisotopic (exact) mass is 443 g/mol. The Morgan fingerprint density at radius 2 is 1.88 bits per heavy atom. The van der Waals surface area contributed by atoms with Crippen molar-refractivity contribution in [2.24, 2.45) is 4.99 Å². The number of hydrogen-bond donors (Lipinski definition) is 3. The Morgan fingerprint density at radius 3 is 2.54 bits per heavy atom. The lowest BCUT2D eigenvalue weighted by Crippen LogP contribution is -2.39. The Balaban J connectivity index is 0.00000288. The normalized spacial score (nSPS) is 12.3. The molecular weight excluding hydrogens is 417 g/mol. The van der Waals surface area contributed by atoms with Crippen LogP contribution in [0.3, 0.4) is 0 Å². The molecule has 2 aromatic rings. The van der Waals surface area contributed by atoms with Crippen molar-refractivity contribution in [2.75, 3.05) is 19.6 Å². The molecule has 1 heterocycles. The van der Waals surface area contributed by atoms with Crippen LogP contribution in [0.1, 0.15) is 30.8 Å². The first-order chi connectivity index (χ1) is 11.3. The first-order valence-electron chi connectivity index (χ1n) is 8.07. The summed E-state index contributed by atoms with van der Waals surface area (Å²) in [6.45, 7) is 3.99. The SMILES string of the molecule is CCCNC(=NCC(O)c1ccccc1)NCCc1ccco1.I. The van der Waals surface area contributed by atoms with Gasteiger partial charge in [0.05, 0.1) is 18.9 Å². The first kappa shape index (κ1) is 20.5. The van der Waals surface area contributed by atoms with Gasteiger partial charge in [-0.2, -0.15) is 0 Å². The van der Waals surface area contributed by atoms with E-state index in [0.717, 1.165) is 37.3 Å². The lowest BCUT2D eigenvalue weighted by atomic mass is 10.1. The summed E-state index contributed by atoms with van der Waals surface area (Å²) in [5.41, 5.74) is 0.877. The number of guanidine groups is 1. The van der Waals surface area contributed by atoms with Crippen LogP contribution in [0.5, 0.6) is 0 Å². The Kier molecular flexibility index (Phi) is 10.2. The topological polar surface area (TPSA) is 69.8 Å². The van der Waals surface area contributed by atoms with Crippen LogP contribution in [0.2, 0.25) is 0 Å². The third-order valence-electron chi connectivity index (χ3n) is 3.39. The summed E-state index contributed by atoms with van der Waals surface area (Å²) < 4.78 is 5.31. The second-order valence-corrected chi connectivity index (χ2v) is 5.30. The zero-order valence-electron chi connectivity index (χ0n) is 13.9. The number of rotatable bonds is 8. The van der Waals surface area contributed by atoms with Crippen LogP contribution in [0.4, 0.5) is 0 Å². The molecule has 132 valence electrons. The highest BCUT2D eigenvalue weighted by atomic mass is 127. The van der Waals surface area contributed by atoms with Crippen LogP contribution in [0.25, 0.3) is 0 Å². The Hall–Kier alpha value is -1.54. The smallest absolute Gasteiger partial charge is 0.191 e. The van der Waals surface area contributed by atoms with E-state index in [2.05, 4.69) is 22.5 Å². The molecule has 2 rings (SSSR count). The molecule has 0 radical (unpaired) electrons. The lowest BCUT2D eigenvalue weighted by Gasteiger charge is -2.13. The van der Waals surface area contributed by atoms with Crippen molar-refractivity contribution < 1.29 is 9.52 Å². The summed E-state index contributed by atoms with van der Waals surface area (Å²) in [7, 11) is 0. The quantitative estimate of drug-likeness (QED) is 0.333. The van der Waals surface area contributed by atoms with Gasteiger partial charge in [0.25, 0.3) is 0 Å². The largest absolute Gasteiger partial charge is 0.469 e. The zero-order chi connectivity index (χ0) is 16.3. The molecule has 0 aliphatic rings. The summed E-state index contributed by atoms with van der Waals surface area (Å²) in [5.74, 6) is 1.66. The van der Waals surface area contributed by atoms with Gasteiger partial charge in [-0.1, -0.05) is 37.3 Å². The van der Waals surface area contributed by atoms with Gasteiger partial charge in [-0.05, 0) is 24.1 Å². The Bertz CT molecular complexity index is 573. The molecule has 0 fully saturated rings. The summed E-state index contributed by atoms with van der Waals surface area (Å²) in [6.07, 6.45) is 2.89. The molecule has 1 aromatic carbocycles. The fraction of sp³-hybridized carbons (Fsp3) is 0.389. The molecule has 1 aromatic heterocycles. The molecule has 0 spiro atoms. The van der Waals surface area contributed by atoms with Gasteiger partial charge in [-0.25, -0.2) is 0 Å². The number of nitrogens with zero attached hydrogens (tertiary/aromatic N) is 1. The summed E-state index contributed by atoms with van der Waals surface area (Å²) >= 11 is 0. The van der Waals surface area contributed by atoms with Crippen molar-refractivity contribution in [1.29, 1.82) is 0 Å². The molecule has 1 unspecified atom stereocenters. The third kappa shape index (κ3) is 7.35. The van der Waals surface area contributed by atoms with Crippen molar-refractivity contribution in [3.05, 3.63) is 60.1 Å². The standard InChI is InChI=1S/C18H25N3O2.HI/c1-2-11-19-18(20-12-10-16-9-6-13-23-16)21-14-17(22)15-7-4-3-5-8-15;/h3-9,13,17,22H,2,10-12,14H2,1H3,(H2,19,20,21);1H. The second kappa shape index (κ2) is 11.9. The minimum Gasteiger partial charge on any atom is -0.469 e. The predicted octanol–water partition coefficient (Wildman–Crippen LogP) is 3.12. The molecule has 3 N–H and O–H groups in total. The maximum Gasteiger partial charge on any atom is 0.191 e. The number of nitrogens with one attached hydrogen (secondary N) is 2. The molecule has 1 atom stereocenters. The lowest BCUT2D eigenvalue weighted by molar-refractivity contribution is 0.187. The van der Waals surface area contributed by atoms with Gasteiger partial charge in [0.15, 0.2) is 5.96 Å². The van der Waals surface area contributed by atoms with Gasteiger partial charge >= 0.3 is 0 Å². The van der Waals surface area contributed by atoms with Crippen LogP contribution in [0, 0.1) is 0 Å². The highest BCUT2D eigenvalue weighted by Crippen LogP contribution is 2.11. The maximum atomic E-state index is 10.2. The molecule has 5 nitrogen and oxygen atoms in total. The van der Waals surface area contributed by atoms with E-state index in [9.17, 15) is 5.11 Å². The van der Waals surface area contributed by atoms with E-state index >= 15 is 0 Å². The van der Waals surface area contributed by atoms with Crippen LogP contribution in [-0.2, 0) is 6.42 Å². The van der Waals surface area contributed by atoms with Crippen LogP contribution in [0.15, 0.2) is 58.1 Å². The number of benzene rings is 1. The molecule has 0 aliphatic heterocycles. The minimum atomic E-state index is -0.596. The predicted molar refractivity (Wildman–Crippen MR) is 108 cm³/mol. The van der Waals surface area contributed by atoms with Crippen molar-refractivity contribution in [3.8, 4) is 0 Å². The molecule has 0 amide bonds. The molecule has 0 saturated carbocycles. The van der Waals surface area contributed by atoms with E-state index in [-0.39, 0.29) is 24.0 Å². The van der Waals surface area contributed by atoms with Gasteiger partial charge in [-0.15, -0.1) is 24.0 Å². The highest BCUT2D eigenvalue weighted by molar-refractivity contribution is 14.0. The van der Waals surface area contributed by atoms with E-state index in [0.29, 0.717) is 12.5 Å². The van der Waals surface area contributed by atoms with Gasteiger partial charge in [0.2, 0.25) is 0 Å². The van der Waals surface area contributed by atoms with Crippen LogP contribution in [-0.4, -0.2) is 30.7 Å². The van der Waals surface area contributed by atoms with E-state index in [4.69, 9.17) is 4.42 Å². The Morgan fingerprint density at radius 1 is 1.12 bits per heavy atom.